The molecular weight excluding hydrogens is 504 g/mol. The average molecular weight is 565 g/mol. The van der Waals surface area contributed by atoms with E-state index in [9.17, 15) is 0 Å². The first-order valence-corrected chi connectivity index (χ1v) is 16.1. The van der Waals surface area contributed by atoms with Gasteiger partial charge in [-0.2, -0.15) is 0 Å². The molecule has 0 saturated heterocycles. The van der Waals surface area contributed by atoms with Gasteiger partial charge < -0.3 is 0 Å². The lowest BCUT2D eigenvalue weighted by Gasteiger charge is -2.39. The van der Waals surface area contributed by atoms with Crippen LogP contribution in [0.15, 0.2) is 130 Å². The Labute approximate surface area is 260 Å². The van der Waals surface area contributed by atoms with E-state index in [1.54, 1.807) is 5.57 Å². The standard InChI is InChI=1S/C42H60/c1-31(19-15-21-33(3)23-25-39-37(7)27-35(5)29-41(39,9)10)17-13-14-18-32(2)20-16-22-34(4)24-26-40-38(8)28-36(6)30-42(40,11)12/h13-27,35-36,39H,28-30H2,1-12H3/b14-13+,19-15+,20-16+,25-23+,26-24+,31-17+,32-18+,33-21+,34-22+. The molecule has 2 aliphatic rings. The van der Waals surface area contributed by atoms with Crippen molar-refractivity contribution in [1.29, 1.82) is 0 Å². The average Bonchev–Trinajstić information content (AvgIpc) is 2.84. The van der Waals surface area contributed by atoms with Gasteiger partial charge in [-0.1, -0.05) is 166 Å². The predicted octanol–water partition coefficient (Wildman–Crippen LogP) is 13.0. The van der Waals surface area contributed by atoms with Crippen LogP contribution >= 0.6 is 0 Å². The summed E-state index contributed by atoms with van der Waals surface area (Å²) in [6, 6.07) is 0. The zero-order valence-electron chi connectivity index (χ0n) is 29.0. The normalized spacial score (nSPS) is 26.6. The molecule has 0 heterocycles. The van der Waals surface area contributed by atoms with E-state index in [2.05, 4.69) is 174 Å². The molecule has 3 unspecified atom stereocenters. The lowest BCUT2D eigenvalue weighted by atomic mass is 9.66. The van der Waals surface area contributed by atoms with Crippen molar-refractivity contribution in [3.8, 4) is 0 Å². The summed E-state index contributed by atoms with van der Waals surface area (Å²) in [7, 11) is 0. The van der Waals surface area contributed by atoms with Crippen LogP contribution in [0.2, 0.25) is 0 Å². The lowest BCUT2D eigenvalue weighted by Crippen LogP contribution is -2.29. The van der Waals surface area contributed by atoms with Crippen molar-refractivity contribution in [3.63, 3.8) is 0 Å². The summed E-state index contributed by atoms with van der Waals surface area (Å²) in [4.78, 5) is 0. The Kier molecular flexibility index (Phi) is 13.6. The third-order valence-electron chi connectivity index (χ3n) is 8.76. The summed E-state index contributed by atoms with van der Waals surface area (Å²) in [6.45, 7) is 27.5. The fourth-order valence-electron chi connectivity index (χ4n) is 7.03. The lowest BCUT2D eigenvalue weighted by molar-refractivity contribution is 0.223. The van der Waals surface area contributed by atoms with E-state index >= 15 is 0 Å². The van der Waals surface area contributed by atoms with Gasteiger partial charge in [0, 0.05) is 5.92 Å². The van der Waals surface area contributed by atoms with Crippen molar-refractivity contribution < 1.29 is 0 Å². The van der Waals surface area contributed by atoms with Crippen LogP contribution in [0.25, 0.3) is 0 Å². The summed E-state index contributed by atoms with van der Waals surface area (Å²) < 4.78 is 0. The zero-order valence-corrected chi connectivity index (χ0v) is 29.0. The van der Waals surface area contributed by atoms with Gasteiger partial charge in [-0.25, -0.2) is 0 Å². The van der Waals surface area contributed by atoms with Gasteiger partial charge in [-0.3, -0.25) is 0 Å². The van der Waals surface area contributed by atoms with Crippen molar-refractivity contribution in [1.82, 2.24) is 0 Å². The molecule has 0 radical (unpaired) electrons. The van der Waals surface area contributed by atoms with Crippen LogP contribution in [-0.2, 0) is 0 Å². The fourth-order valence-corrected chi connectivity index (χ4v) is 7.03. The van der Waals surface area contributed by atoms with Crippen molar-refractivity contribution >= 4 is 0 Å². The van der Waals surface area contributed by atoms with Crippen molar-refractivity contribution in [3.05, 3.63) is 130 Å². The Morgan fingerprint density at radius 1 is 0.690 bits per heavy atom. The van der Waals surface area contributed by atoms with Crippen LogP contribution in [0.1, 0.15) is 102 Å². The van der Waals surface area contributed by atoms with Crippen LogP contribution in [0.5, 0.6) is 0 Å². The van der Waals surface area contributed by atoms with Crippen LogP contribution in [-0.4, -0.2) is 0 Å². The highest BCUT2D eigenvalue weighted by Gasteiger charge is 2.33. The van der Waals surface area contributed by atoms with Gasteiger partial charge in [0.2, 0.25) is 0 Å². The van der Waals surface area contributed by atoms with Gasteiger partial charge in [0.15, 0.2) is 0 Å². The quantitative estimate of drug-likeness (QED) is 0.183. The van der Waals surface area contributed by atoms with Crippen molar-refractivity contribution in [2.24, 2.45) is 28.6 Å². The Balaban J connectivity index is 1.90. The second-order valence-corrected chi connectivity index (χ2v) is 14.6. The summed E-state index contributed by atoms with van der Waals surface area (Å²) in [6.07, 6.45) is 37.0. The largest absolute Gasteiger partial charge is 0.0821 e. The predicted molar refractivity (Wildman–Crippen MR) is 190 cm³/mol. The van der Waals surface area contributed by atoms with Crippen LogP contribution in [0, 0.1) is 28.6 Å². The Bertz CT molecular complexity index is 1260. The molecule has 0 spiro atoms. The second kappa shape index (κ2) is 16.1. The number of hydrogen-bond acceptors (Lipinski definition) is 0. The monoisotopic (exact) mass is 564 g/mol. The minimum atomic E-state index is 0.262. The molecule has 2 aliphatic carbocycles. The molecule has 0 bridgehead atoms. The van der Waals surface area contributed by atoms with E-state index in [1.807, 2.05) is 0 Å². The third-order valence-corrected chi connectivity index (χ3v) is 8.76. The van der Waals surface area contributed by atoms with E-state index in [1.165, 1.54) is 52.7 Å². The van der Waals surface area contributed by atoms with Crippen molar-refractivity contribution in [2.45, 2.75) is 102 Å². The number of hydrogen-bond donors (Lipinski definition) is 0. The van der Waals surface area contributed by atoms with Crippen LogP contribution < -0.4 is 0 Å². The zero-order chi connectivity index (χ0) is 31.5. The molecular formula is C42H60. The summed E-state index contributed by atoms with van der Waals surface area (Å²) in [5.41, 5.74) is 10.2. The minimum Gasteiger partial charge on any atom is -0.0821 e. The molecule has 0 nitrogen and oxygen atoms in total. The van der Waals surface area contributed by atoms with E-state index in [0.717, 1.165) is 5.92 Å². The van der Waals surface area contributed by atoms with E-state index in [-0.39, 0.29) is 5.41 Å². The SMILES string of the molecule is CC1=CC(C)CC(C)(C)C1/C=C/C(C)=C/C=C/C(C)=C/C=C/C=C(C)/C=C/C=C(C)/C=C/C1=C(C)CC(C)CC1(C)C. The third kappa shape index (κ3) is 11.8. The number of rotatable bonds is 10. The van der Waals surface area contributed by atoms with E-state index in [0.29, 0.717) is 17.3 Å². The first kappa shape index (κ1) is 35.3. The molecule has 0 saturated carbocycles. The van der Waals surface area contributed by atoms with E-state index in [4.69, 9.17) is 0 Å². The fraction of sp³-hybridized carbons (Fsp3) is 0.476. The molecule has 0 heteroatoms. The molecule has 0 aromatic rings. The molecule has 2 rings (SSSR count). The maximum atomic E-state index is 2.45. The van der Waals surface area contributed by atoms with Gasteiger partial charge >= 0.3 is 0 Å². The molecule has 0 aromatic heterocycles. The van der Waals surface area contributed by atoms with Crippen LogP contribution in [0.4, 0.5) is 0 Å². The first-order chi connectivity index (χ1) is 19.6. The molecule has 3 atom stereocenters. The highest BCUT2D eigenvalue weighted by Crippen LogP contribution is 2.44. The smallest absolute Gasteiger partial charge is 0.00287 e. The van der Waals surface area contributed by atoms with Gasteiger partial charge in [0.25, 0.3) is 0 Å². The summed E-state index contributed by atoms with van der Waals surface area (Å²) in [5, 5.41) is 0. The Morgan fingerprint density at radius 3 is 1.71 bits per heavy atom. The molecule has 0 fully saturated rings. The number of allylic oxidation sites excluding steroid dienone is 22. The maximum absolute atomic E-state index is 2.45. The van der Waals surface area contributed by atoms with Crippen LogP contribution in [0.3, 0.4) is 0 Å². The van der Waals surface area contributed by atoms with E-state index < -0.39 is 0 Å². The highest BCUT2D eigenvalue weighted by atomic mass is 14.4. The van der Waals surface area contributed by atoms with Gasteiger partial charge in [0.05, 0.1) is 0 Å². The second-order valence-electron chi connectivity index (χ2n) is 14.6. The molecule has 228 valence electrons. The summed E-state index contributed by atoms with van der Waals surface area (Å²) >= 11 is 0. The Hall–Kier alpha value is -2.86. The molecule has 0 N–H and O–H groups in total. The summed E-state index contributed by atoms with van der Waals surface area (Å²) in [5.74, 6) is 1.97. The topological polar surface area (TPSA) is 0 Å². The Morgan fingerprint density at radius 2 is 1.19 bits per heavy atom. The minimum absolute atomic E-state index is 0.262. The molecule has 0 aromatic carbocycles. The molecule has 0 amide bonds. The maximum Gasteiger partial charge on any atom is 0.00287 e. The van der Waals surface area contributed by atoms with Gasteiger partial charge in [0.1, 0.15) is 0 Å². The van der Waals surface area contributed by atoms with Crippen molar-refractivity contribution in [2.75, 3.05) is 0 Å². The molecule has 42 heavy (non-hydrogen) atoms. The van der Waals surface area contributed by atoms with Gasteiger partial charge in [-0.15, -0.1) is 0 Å². The highest BCUT2D eigenvalue weighted by molar-refractivity contribution is 5.38. The first-order valence-electron chi connectivity index (χ1n) is 16.1. The van der Waals surface area contributed by atoms with Gasteiger partial charge in [-0.05, 0) is 89.0 Å². The molecule has 0 aliphatic heterocycles.